The summed E-state index contributed by atoms with van der Waals surface area (Å²) in [6.07, 6.45) is 6.12. The van der Waals surface area contributed by atoms with E-state index in [2.05, 4.69) is 20.8 Å². The van der Waals surface area contributed by atoms with Crippen LogP contribution in [0.3, 0.4) is 0 Å². The summed E-state index contributed by atoms with van der Waals surface area (Å²) < 4.78 is 0. The van der Waals surface area contributed by atoms with Crippen LogP contribution in [-0.2, 0) is 0 Å². The highest BCUT2D eigenvalue weighted by Crippen LogP contribution is 2.70. The predicted molar refractivity (Wildman–Crippen MR) is 55.4 cm³/mol. The highest BCUT2D eigenvalue weighted by molar-refractivity contribution is 5.11. The molecule has 13 heavy (non-hydrogen) atoms. The van der Waals surface area contributed by atoms with Crippen LogP contribution in [0.4, 0.5) is 0 Å². The summed E-state index contributed by atoms with van der Waals surface area (Å²) in [5.74, 6) is 5.61. The molecule has 0 spiro atoms. The van der Waals surface area contributed by atoms with E-state index in [9.17, 15) is 0 Å². The van der Waals surface area contributed by atoms with E-state index in [-0.39, 0.29) is 0 Å². The average molecular weight is 178 g/mol. The molecule has 0 radical (unpaired) electrons. The van der Waals surface area contributed by atoms with Gasteiger partial charge in [0.05, 0.1) is 0 Å². The average Bonchev–Trinajstić information content (AvgIpc) is 2.07. The first kappa shape index (κ1) is 8.32. The van der Waals surface area contributed by atoms with E-state index in [1.54, 1.807) is 19.3 Å². The Labute approximate surface area is 82.1 Å². The molecule has 3 fully saturated rings. The summed E-state index contributed by atoms with van der Waals surface area (Å²) in [6, 6.07) is 0. The third-order valence-electron chi connectivity index (χ3n) is 6.11. The molecule has 3 aliphatic carbocycles. The molecule has 6 atom stereocenters. The maximum Gasteiger partial charge on any atom is -0.0271 e. The van der Waals surface area contributed by atoms with Gasteiger partial charge in [0.2, 0.25) is 0 Å². The second kappa shape index (κ2) is 2.32. The first-order valence-electron chi connectivity index (χ1n) is 6.16. The quantitative estimate of drug-likeness (QED) is 0.574. The summed E-state index contributed by atoms with van der Waals surface area (Å²) in [5, 5.41) is 0. The first-order valence-corrected chi connectivity index (χ1v) is 6.16. The maximum atomic E-state index is 2.56. The SMILES string of the molecule is CCC1(C)C(C)CC2CC3CC1C23. The molecule has 0 N–H and O–H groups in total. The Morgan fingerprint density at radius 1 is 1.15 bits per heavy atom. The summed E-state index contributed by atoms with van der Waals surface area (Å²) in [5.41, 5.74) is 0.706. The minimum absolute atomic E-state index is 0.706. The van der Waals surface area contributed by atoms with Crippen molar-refractivity contribution in [1.29, 1.82) is 0 Å². The smallest absolute Gasteiger partial charge is 0.0271 e. The van der Waals surface area contributed by atoms with Gasteiger partial charge in [-0.2, -0.15) is 0 Å². The molecule has 3 aliphatic rings. The van der Waals surface area contributed by atoms with E-state index in [4.69, 9.17) is 0 Å². The molecule has 0 saturated heterocycles. The van der Waals surface area contributed by atoms with Crippen LogP contribution in [0.15, 0.2) is 0 Å². The lowest BCUT2D eigenvalue weighted by atomic mass is 9.36. The largest absolute Gasteiger partial charge is 0.0648 e. The van der Waals surface area contributed by atoms with E-state index in [0.29, 0.717) is 5.41 Å². The van der Waals surface area contributed by atoms with Gasteiger partial charge in [-0.05, 0) is 54.3 Å². The Bertz CT molecular complexity index is 232. The van der Waals surface area contributed by atoms with Gasteiger partial charge in [0, 0.05) is 0 Å². The van der Waals surface area contributed by atoms with E-state index in [0.717, 1.165) is 17.8 Å². The van der Waals surface area contributed by atoms with Crippen molar-refractivity contribution >= 4 is 0 Å². The molecule has 0 bridgehead atoms. The molecule has 0 heteroatoms. The normalized spacial score (nSPS) is 63.5. The minimum atomic E-state index is 0.706. The van der Waals surface area contributed by atoms with Crippen LogP contribution < -0.4 is 0 Å². The Balaban J connectivity index is 1.88. The van der Waals surface area contributed by atoms with Crippen molar-refractivity contribution in [2.75, 3.05) is 0 Å². The maximum absolute atomic E-state index is 2.56. The number of hydrogen-bond donors (Lipinski definition) is 0. The van der Waals surface area contributed by atoms with Gasteiger partial charge in [-0.1, -0.05) is 27.2 Å². The first-order chi connectivity index (χ1) is 6.16. The van der Waals surface area contributed by atoms with Crippen LogP contribution >= 0.6 is 0 Å². The molecule has 0 aromatic carbocycles. The third kappa shape index (κ3) is 0.789. The van der Waals surface area contributed by atoms with Gasteiger partial charge >= 0.3 is 0 Å². The fourth-order valence-electron chi connectivity index (χ4n) is 4.75. The van der Waals surface area contributed by atoms with E-state index < -0.39 is 0 Å². The van der Waals surface area contributed by atoms with Gasteiger partial charge in [-0.25, -0.2) is 0 Å². The van der Waals surface area contributed by atoms with E-state index in [1.165, 1.54) is 18.3 Å². The zero-order valence-electron chi connectivity index (χ0n) is 9.22. The van der Waals surface area contributed by atoms with Gasteiger partial charge in [-0.15, -0.1) is 0 Å². The molecule has 3 saturated carbocycles. The summed E-state index contributed by atoms with van der Waals surface area (Å²) in [6.45, 7) is 7.47. The van der Waals surface area contributed by atoms with Crippen LogP contribution in [0.1, 0.15) is 46.5 Å². The van der Waals surface area contributed by atoms with Crippen LogP contribution in [0.5, 0.6) is 0 Å². The molecule has 3 rings (SSSR count). The van der Waals surface area contributed by atoms with Crippen molar-refractivity contribution in [2.45, 2.75) is 46.5 Å². The number of hydrogen-bond acceptors (Lipinski definition) is 0. The highest BCUT2D eigenvalue weighted by atomic mass is 14.7. The lowest BCUT2D eigenvalue weighted by Gasteiger charge is -2.69. The second-order valence-electron chi connectivity index (χ2n) is 6.17. The van der Waals surface area contributed by atoms with Crippen molar-refractivity contribution in [2.24, 2.45) is 35.0 Å². The van der Waals surface area contributed by atoms with Gasteiger partial charge in [0.25, 0.3) is 0 Å². The van der Waals surface area contributed by atoms with Crippen LogP contribution in [0.25, 0.3) is 0 Å². The standard InChI is InChI=1S/C13H22/c1-4-13(3)8(2)5-9-6-10-7-11(13)12(9)10/h8-12H,4-7H2,1-3H3. The van der Waals surface area contributed by atoms with Crippen molar-refractivity contribution in [3.8, 4) is 0 Å². The molecular formula is C13H22. The van der Waals surface area contributed by atoms with Crippen LogP contribution in [0, 0.1) is 35.0 Å². The lowest BCUT2D eigenvalue weighted by Crippen LogP contribution is -2.62. The second-order valence-corrected chi connectivity index (χ2v) is 6.17. The molecule has 74 valence electrons. The van der Waals surface area contributed by atoms with E-state index >= 15 is 0 Å². The molecule has 0 amide bonds. The molecule has 0 aliphatic heterocycles. The Morgan fingerprint density at radius 3 is 2.46 bits per heavy atom. The van der Waals surface area contributed by atoms with Crippen molar-refractivity contribution in [3.05, 3.63) is 0 Å². The fourth-order valence-corrected chi connectivity index (χ4v) is 4.75. The van der Waals surface area contributed by atoms with Crippen LogP contribution in [-0.4, -0.2) is 0 Å². The zero-order valence-corrected chi connectivity index (χ0v) is 9.22. The predicted octanol–water partition coefficient (Wildman–Crippen LogP) is 3.71. The van der Waals surface area contributed by atoms with Gasteiger partial charge in [-0.3, -0.25) is 0 Å². The van der Waals surface area contributed by atoms with Gasteiger partial charge < -0.3 is 0 Å². The van der Waals surface area contributed by atoms with Crippen molar-refractivity contribution < 1.29 is 0 Å². The Kier molecular flexibility index (Phi) is 1.49. The fraction of sp³-hybridized carbons (Fsp3) is 1.00. The third-order valence-corrected chi connectivity index (χ3v) is 6.11. The molecule has 0 nitrogen and oxygen atoms in total. The molecule has 0 aromatic heterocycles. The van der Waals surface area contributed by atoms with Gasteiger partial charge in [0.15, 0.2) is 0 Å². The Morgan fingerprint density at radius 2 is 1.85 bits per heavy atom. The topological polar surface area (TPSA) is 0 Å². The van der Waals surface area contributed by atoms with Gasteiger partial charge in [0.1, 0.15) is 0 Å². The summed E-state index contributed by atoms with van der Waals surface area (Å²) >= 11 is 0. The van der Waals surface area contributed by atoms with Crippen molar-refractivity contribution in [3.63, 3.8) is 0 Å². The van der Waals surface area contributed by atoms with Crippen molar-refractivity contribution in [1.82, 2.24) is 0 Å². The minimum Gasteiger partial charge on any atom is -0.0648 e. The summed E-state index contributed by atoms with van der Waals surface area (Å²) in [4.78, 5) is 0. The molecule has 6 unspecified atom stereocenters. The summed E-state index contributed by atoms with van der Waals surface area (Å²) in [7, 11) is 0. The lowest BCUT2D eigenvalue weighted by molar-refractivity contribution is -0.204. The molecule has 0 aromatic rings. The number of rotatable bonds is 1. The molecular weight excluding hydrogens is 156 g/mol. The zero-order chi connectivity index (χ0) is 9.22. The highest BCUT2D eigenvalue weighted by Gasteiger charge is 2.63. The van der Waals surface area contributed by atoms with Crippen LogP contribution in [0.2, 0.25) is 0 Å². The monoisotopic (exact) mass is 178 g/mol. The molecule has 0 heterocycles. The Hall–Kier alpha value is 0. The van der Waals surface area contributed by atoms with E-state index in [1.807, 2.05) is 0 Å².